The van der Waals surface area contributed by atoms with Gasteiger partial charge >= 0.3 is 6.18 Å². The van der Waals surface area contributed by atoms with E-state index in [0.29, 0.717) is 22.6 Å². The Bertz CT molecular complexity index is 1120. The standard InChI is InChI=1S/C21H16BF4N3O/c1-11-9-14(23)4-6-16(11)28-18-5-3-13(21(24,25)26)10-15(18)20(30)29-17-7-8-19(22)27-12(17)2/h3-10,28H,1-2H3,(H,29,30). The molecule has 1 amide bonds. The molecule has 0 unspecified atom stereocenters. The number of pyridine rings is 1. The topological polar surface area (TPSA) is 54.0 Å². The lowest BCUT2D eigenvalue weighted by Gasteiger charge is -2.17. The van der Waals surface area contributed by atoms with Crippen molar-refractivity contribution >= 4 is 36.4 Å². The number of hydrogen-bond acceptors (Lipinski definition) is 3. The predicted octanol–water partition coefficient (Wildman–Crippen LogP) is 4.65. The minimum absolute atomic E-state index is 0.135. The van der Waals surface area contributed by atoms with E-state index in [1.807, 2.05) is 0 Å². The van der Waals surface area contributed by atoms with Crippen LogP contribution >= 0.6 is 0 Å². The van der Waals surface area contributed by atoms with Crippen molar-refractivity contribution < 1.29 is 22.4 Å². The Morgan fingerprint density at radius 1 is 0.967 bits per heavy atom. The van der Waals surface area contributed by atoms with Crippen LogP contribution in [0.15, 0.2) is 48.5 Å². The van der Waals surface area contributed by atoms with Crippen LogP contribution < -0.4 is 16.2 Å². The molecule has 30 heavy (non-hydrogen) atoms. The molecular weight excluding hydrogens is 397 g/mol. The van der Waals surface area contributed by atoms with Gasteiger partial charge in [-0.05, 0) is 73.5 Å². The fourth-order valence-corrected chi connectivity index (χ4v) is 2.83. The number of carbonyl (C=O) groups excluding carboxylic acids is 1. The number of nitrogens with one attached hydrogen (secondary N) is 2. The first-order valence-corrected chi connectivity index (χ1v) is 8.83. The van der Waals surface area contributed by atoms with Gasteiger partial charge in [0.1, 0.15) is 13.7 Å². The maximum atomic E-state index is 13.4. The van der Waals surface area contributed by atoms with Gasteiger partial charge in [0, 0.05) is 5.69 Å². The molecule has 2 aromatic carbocycles. The molecular formula is C21H16BF4N3O. The van der Waals surface area contributed by atoms with Gasteiger partial charge in [0.25, 0.3) is 5.91 Å². The molecule has 3 rings (SSSR count). The lowest BCUT2D eigenvalue weighted by atomic mass is 10.0. The van der Waals surface area contributed by atoms with Crippen molar-refractivity contribution in [2.45, 2.75) is 20.0 Å². The Kier molecular flexibility index (Phi) is 5.82. The van der Waals surface area contributed by atoms with E-state index in [-0.39, 0.29) is 16.8 Å². The number of aryl methyl sites for hydroxylation is 2. The molecule has 1 heterocycles. The van der Waals surface area contributed by atoms with Crippen LogP contribution in [0.1, 0.15) is 27.2 Å². The van der Waals surface area contributed by atoms with Gasteiger partial charge in [-0.25, -0.2) is 4.39 Å². The second kappa shape index (κ2) is 8.18. The Balaban J connectivity index is 2.01. The predicted molar refractivity (Wildman–Crippen MR) is 108 cm³/mol. The van der Waals surface area contributed by atoms with Crippen LogP contribution in [0.4, 0.5) is 34.6 Å². The Hall–Kier alpha value is -3.36. The first-order chi connectivity index (χ1) is 14.0. The lowest BCUT2D eigenvalue weighted by Crippen LogP contribution is -2.18. The average Bonchev–Trinajstić information content (AvgIpc) is 2.65. The second-order valence-corrected chi connectivity index (χ2v) is 6.67. The summed E-state index contributed by atoms with van der Waals surface area (Å²) in [4.78, 5) is 16.9. The van der Waals surface area contributed by atoms with E-state index in [9.17, 15) is 22.4 Å². The fourth-order valence-electron chi connectivity index (χ4n) is 2.83. The zero-order chi connectivity index (χ0) is 22.1. The third-order valence-electron chi connectivity index (χ3n) is 4.40. The normalized spacial score (nSPS) is 11.3. The molecule has 0 bridgehead atoms. The van der Waals surface area contributed by atoms with Crippen LogP contribution in [0, 0.1) is 19.7 Å². The Labute approximate surface area is 171 Å². The minimum Gasteiger partial charge on any atom is -0.355 e. The number of benzene rings is 2. The summed E-state index contributed by atoms with van der Waals surface area (Å²) in [5.74, 6) is -1.22. The van der Waals surface area contributed by atoms with Crippen LogP contribution in [-0.4, -0.2) is 18.7 Å². The maximum Gasteiger partial charge on any atom is 0.416 e. The van der Waals surface area contributed by atoms with Gasteiger partial charge in [0.15, 0.2) is 0 Å². The van der Waals surface area contributed by atoms with Crippen LogP contribution in [0.5, 0.6) is 0 Å². The van der Waals surface area contributed by atoms with Crippen LogP contribution in [-0.2, 0) is 6.18 Å². The highest BCUT2D eigenvalue weighted by Crippen LogP contribution is 2.33. The number of aromatic nitrogens is 1. The summed E-state index contributed by atoms with van der Waals surface area (Å²) in [6, 6.07) is 9.70. The second-order valence-electron chi connectivity index (χ2n) is 6.67. The van der Waals surface area contributed by atoms with Gasteiger partial charge in [0.05, 0.1) is 28.2 Å². The molecule has 0 aliphatic heterocycles. The summed E-state index contributed by atoms with van der Waals surface area (Å²) in [7, 11) is 5.59. The van der Waals surface area contributed by atoms with E-state index in [4.69, 9.17) is 7.85 Å². The Morgan fingerprint density at radius 3 is 2.27 bits per heavy atom. The van der Waals surface area contributed by atoms with Crippen molar-refractivity contribution in [3.63, 3.8) is 0 Å². The van der Waals surface area contributed by atoms with Gasteiger partial charge in [-0.15, -0.1) is 0 Å². The summed E-state index contributed by atoms with van der Waals surface area (Å²) < 4.78 is 53.0. The average molecular weight is 413 g/mol. The maximum absolute atomic E-state index is 13.4. The highest BCUT2D eigenvalue weighted by molar-refractivity contribution is 6.30. The van der Waals surface area contributed by atoms with E-state index >= 15 is 0 Å². The number of carbonyl (C=O) groups is 1. The first kappa shape index (κ1) is 21.4. The SMILES string of the molecule is [B]c1ccc(NC(=O)c2cc(C(F)(F)F)ccc2Nc2ccc(F)cc2C)c(C)n1. The number of rotatable bonds is 4. The molecule has 2 radical (unpaired) electrons. The third-order valence-corrected chi connectivity index (χ3v) is 4.40. The van der Waals surface area contributed by atoms with Gasteiger partial charge in [-0.2, -0.15) is 13.2 Å². The van der Waals surface area contributed by atoms with Gasteiger partial charge in [0.2, 0.25) is 0 Å². The molecule has 0 saturated heterocycles. The smallest absolute Gasteiger partial charge is 0.355 e. The van der Waals surface area contributed by atoms with Crippen molar-refractivity contribution in [2.75, 3.05) is 10.6 Å². The molecule has 0 atom stereocenters. The minimum atomic E-state index is -4.63. The Morgan fingerprint density at radius 2 is 1.63 bits per heavy atom. The highest BCUT2D eigenvalue weighted by Gasteiger charge is 2.32. The number of halogens is 4. The summed E-state index contributed by atoms with van der Waals surface area (Å²) in [5, 5.41) is 5.46. The molecule has 0 saturated carbocycles. The highest BCUT2D eigenvalue weighted by atomic mass is 19.4. The first-order valence-electron chi connectivity index (χ1n) is 8.83. The molecule has 3 aromatic rings. The molecule has 2 N–H and O–H groups in total. The van der Waals surface area contributed by atoms with Crippen molar-refractivity contribution in [3.05, 3.63) is 76.7 Å². The largest absolute Gasteiger partial charge is 0.416 e. The van der Waals surface area contributed by atoms with Crippen molar-refractivity contribution in [3.8, 4) is 0 Å². The molecule has 4 nitrogen and oxygen atoms in total. The van der Waals surface area contributed by atoms with E-state index in [1.54, 1.807) is 13.8 Å². The fraction of sp³-hybridized carbons (Fsp3) is 0.143. The van der Waals surface area contributed by atoms with Gasteiger partial charge < -0.3 is 10.6 Å². The lowest BCUT2D eigenvalue weighted by molar-refractivity contribution is -0.137. The van der Waals surface area contributed by atoms with Gasteiger partial charge in [-0.3, -0.25) is 9.78 Å². The van der Waals surface area contributed by atoms with Gasteiger partial charge in [-0.1, -0.05) is 0 Å². The summed E-state index contributed by atoms with van der Waals surface area (Å²) in [6.45, 7) is 3.25. The molecule has 0 aliphatic carbocycles. The van der Waals surface area contributed by atoms with E-state index in [2.05, 4.69) is 15.6 Å². The van der Waals surface area contributed by atoms with Crippen LogP contribution in [0.25, 0.3) is 0 Å². The van der Waals surface area contributed by atoms with Crippen molar-refractivity contribution in [2.24, 2.45) is 0 Å². The zero-order valence-electron chi connectivity index (χ0n) is 16.1. The van der Waals surface area contributed by atoms with E-state index in [1.165, 1.54) is 30.3 Å². The third kappa shape index (κ3) is 4.79. The quantitative estimate of drug-likeness (QED) is 0.484. The van der Waals surface area contributed by atoms with E-state index in [0.717, 1.165) is 18.2 Å². The van der Waals surface area contributed by atoms with Crippen molar-refractivity contribution in [1.29, 1.82) is 0 Å². The molecule has 0 fully saturated rings. The number of alkyl halides is 3. The molecule has 0 aliphatic rings. The molecule has 1 aromatic heterocycles. The zero-order valence-corrected chi connectivity index (χ0v) is 16.1. The number of amides is 1. The molecule has 0 spiro atoms. The van der Waals surface area contributed by atoms with E-state index < -0.39 is 23.5 Å². The number of nitrogens with zero attached hydrogens (tertiary/aromatic N) is 1. The number of anilines is 3. The summed E-state index contributed by atoms with van der Waals surface area (Å²) in [6.07, 6.45) is -4.63. The van der Waals surface area contributed by atoms with Crippen LogP contribution in [0.2, 0.25) is 0 Å². The molecule has 152 valence electrons. The summed E-state index contributed by atoms with van der Waals surface area (Å²) >= 11 is 0. The number of hydrogen-bond donors (Lipinski definition) is 2. The monoisotopic (exact) mass is 413 g/mol. The molecule has 9 heteroatoms. The van der Waals surface area contributed by atoms with Crippen molar-refractivity contribution in [1.82, 2.24) is 4.98 Å². The van der Waals surface area contributed by atoms with Crippen LogP contribution in [0.3, 0.4) is 0 Å². The summed E-state index contributed by atoms with van der Waals surface area (Å²) in [5.41, 5.74) is 0.894.